The van der Waals surface area contributed by atoms with Gasteiger partial charge in [0, 0.05) is 18.2 Å². The van der Waals surface area contributed by atoms with E-state index in [4.69, 9.17) is 22.7 Å². The summed E-state index contributed by atoms with van der Waals surface area (Å²) in [5, 5.41) is 11.6. The maximum absolute atomic E-state index is 12.1. The predicted octanol–water partition coefficient (Wildman–Crippen LogP) is -0.995. The summed E-state index contributed by atoms with van der Waals surface area (Å²) in [4.78, 5) is 35.5. The number of hydrogen-bond donors (Lipinski definition) is 3. The molecular weight excluding hydrogens is 318 g/mol. The first-order chi connectivity index (χ1) is 9.82. The molecule has 1 amide bonds. The van der Waals surface area contributed by atoms with Crippen LogP contribution in [0.5, 0.6) is 0 Å². The quantitative estimate of drug-likeness (QED) is 0.338. The van der Waals surface area contributed by atoms with Gasteiger partial charge in [-0.1, -0.05) is 0 Å². The molecule has 0 aromatic carbocycles. The van der Waals surface area contributed by atoms with E-state index in [2.05, 4.69) is 5.32 Å². The van der Waals surface area contributed by atoms with Crippen molar-refractivity contribution in [2.24, 2.45) is 5.73 Å². The predicted molar refractivity (Wildman–Crippen MR) is 78.1 cm³/mol. The van der Waals surface area contributed by atoms with Crippen LogP contribution in [-0.4, -0.2) is 56.7 Å². The molecule has 10 heteroatoms. The molecule has 8 nitrogen and oxygen atoms in total. The van der Waals surface area contributed by atoms with Crippen molar-refractivity contribution in [1.29, 1.82) is 0 Å². The number of rotatable bonds is 4. The molecule has 0 unspecified atom stereocenters. The lowest BCUT2D eigenvalue weighted by Gasteiger charge is -2.49. The zero-order chi connectivity index (χ0) is 15.7. The fourth-order valence-electron chi connectivity index (χ4n) is 2.14. The van der Waals surface area contributed by atoms with Crippen molar-refractivity contribution >= 4 is 46.9 Å². The standard InChI is InChI=1S/C11H13N3O5S2/c1-4(15)19-2-5-3-21-9-6(13-11(12)20)8(16)14(9)7(5)10(17)18/h6,9H,2-3H2,1H3,(H,17,18)(H3,12,13,20)/t6-,9+/m0/s1. The largest absolute Gasteiger partial charge is 0.477 e. The molecule has 1 saturated heterocycles. The highest BCUT2D eigenvalue weighted by Gasteiger charge is 2.53. The second-order valence-electron chi connectivity index (χ2n) is 4.43. The minimum Gasteiger partial charge on any atom is -0.477 e. The van der Waals surface area contributed by atoms with Gasteiger partial charge in [0.1, 0.15) is 23.7 Å². The van der Waals surface area contributed by atoms with E-state index in [0.717, 1.165) is 0 Å². The van der Waals surface area contributed by atoms with Gasteiger partial charge in [0.2, 0.25) is 0 Å². The Labute approximate surface area is 129 Å². The molecule has 0 aromatic heterocycles. The number of thiocarbonyl (C=S) groups is 1. The Bertz CT molecular complexity index is 562. The summed E-state index contributed by atoms with van der Waals surface area (Å²) in [7, 11) is 0. The fourth-order valence-corrected chi connectivity index (χ4v) is 3.59. The average molecular weight is 331 g/mol. The minimum absolute atomic E-state index is 0.0137. The lowest BCUT2D eigenvalue weighted by Crippen LogP contribution is -2.71. The summed E-state index contributed by atoms with van der Waals surface area (Å²) in [6.07, 6.45) is 0. The van der Waals surface area contributed by atoms with E-state index in [1.807, 2.05) is 0 Å². The molecule has 0 radical (unpaired) electrons. The number of aliphatic carboxylic acids is 1. The Hall–Kier alpha value is -1.81. The number of carboxylic acid groups (broad SMARTS) is 1. The normalized spacial score (nSPS) is 24.0. The second kappa shape index (κ2) is 5.90. The number of nitrogens with two attached hydrogens (primary N) is 1. The molecule has 1 fully saturated rings. The smallest absolute Gasteiger partial charge is 0.352 e. The Kier molecular flexibility index (Phi) is 4.37. The summed E-state index contributed by atoms with van der Waals surface area (Å²) in [5.41, 5.74) is 5.60. The lowest BCUT2D eigenvalue weighted by atomic mass is 10.0. The summed E-state index contributed by atoms with van der Waals surface area (Å²) >= 11 is 6.06. The maximum atomic E-state index is 12.1. The first kappa shape index (κ1) is 15.6. The van der Waals surface area contributed by atoms with Crippen molar-refractivity contribution in [3.8, 4) is 0 Å². The maximum Gasteiger partial charge on any atom is 0.352 e. The van der Waals surface area contributed by atoms with Crippen molar-refractivity contribution in [1.82, 2.24) is 10.2 Å². The summed E-state index contributed by atoms with van der Waals surface area (Å²) in [5.74, 6) is -1.82. The topological polar surface area (TPSA) is 122 Å². The van der Waals surface area contributed by atoms with Gasteiger partial charge in [-0.15, -0.1) is 11.8 Å². The molecule has 0 spiro atoms. The monoisotopic (exact) mass is 331 g/mol. The SMILES string of the molecule is CC(=O)OCC1=C(C(=O)O)N2C(=O)[C@H](NC(N)=S)[C@H]2SC1. The minimum atomic E-state index is -1.23. The van der Waals surface area contributed by atoms with Gasteiger partial charge in [0.25, 0.3) is 5.91 Å². The van der Waals surface area contributed by atoms with Gasteiger partial charge in [0.15, 0.2) is 5.11 Å². The molecule has 2 heterocycles. The first-order valence-electron chi connectivity index (χ1n) is 5.92. The highest BCUT2D eigenvalue weighted by atomic mass is 32.2. The van der Waals surface area contributed by atoms with Crippen LogP contribution >= 0.6 is 24.0 Å². The van der Waals surface area contributed by atoms with Crippen molar-refractivity contribution in [3.63, 3.8) is 0 Å². The van der Waals surface area contributed by atoms with Crippen LogP contribution in [0.25, 0.3) is 0 Å². The number of β-lactam (4-membered cyclic amide) rings is 1. The molecule has 4 N–H and O–H groups in total. The number of carbonyl (C=O) groups excluding carboxylic acids is 2. The lowest BCUT2D eigenvalue weighted by molar-refractivity contribution is -0.148. The van der Waals surface area contributed by atoms with E-state index in [0.29, 0.717) is 11.3 Å². The Morgan fingerprint density at radius 3 is 2.81 bits per heavy atom. The van der Waals surface area contributed by atoms with E-state index in [1.165, 1.54) is 23.6 Å². The van der Waals surface area contributed by atoms with E-state index < -0.39 is 23.9 Å². The second-order valence-corrected chi connectivity index (χ2v) is 5.98. The molecule has 2 atom stereocenters. The summed E-state index contributed by atoms with van der Waals surface area (Å²) < 4.78 is 4.83. The molecule has 21 heavy (non-hydrogen) atoms. The summed E-state index contributed by atoms with van der Waals surface area (Å²) in [6.45, 7) is 1.09. The molecule has 0 aliphatic carbocycles. The zero-order valence-electron chi connectivity index (χ0n) is 11.0. The molecule has 0 bridgehead atoms. The van der Waals surface area contributed by atoms with Gasteiger partial charge in [-0.2, -0.15) is 0 Å². The van der Waals surface area contributed by atoms with Crippen LogP contribution in [0.3, 0.4) is 0 Å². The third-order valence-corrected chi connectivity index (χ3v) is 4.45. The van der Waals surface area contributed by atoms with Gasteiger partial charge in [-0.3, -0.25) is 14.5 Å². The Balaban J connectivity index is 2.22. The van der Waals surface area contributed by atoms with Crippen molar-refractivity contribution in [2.75, 3.05) is 12.4 Å². The number of esters is 1. The van der Waals surface area contributed by atoms with Gasteiger partial charge in [-0.05, 0) is 12.2 Å². The number of nitrogens with one attached hydrogen (secondary N) is 1. The highest BCUT2D eigenvalue weighted by Crippen LogP contribution is 2.40. The van der Waals surface area contributed by atoms with Crippen LogP contribution in [0, 0.1) is 0 Å². The number of nitrogens with zero attached hydrogens (tertiary/aromatic N) is 1. The number of carboxylic acids is 1. The van der Waals surface area contributed by atoms with Crippen LogP contribution in [0.4, 0.5) is 0 Å². The average Bonchev–Trinajstić information content (AvgIpc) is 2.40. The number of ether oxygens (including phenoxy) is 1. The number of hydrogen-bond acceptors (Lipinski definition) is 6. The molecule has 114 valence electrons. The van der Waals surface area contributed by atoms with Crippen LogP contribution in [0.15, 0.2) is 11.3 Å². The molecule has 2 aliphatic rings. The van der Waals surface area contributed by atoms with Crippen molar-refractivity contribution in [3.05, 3.63) is 11.3 Å². The van der Waals surface area contributed by atoms with E-state index in [-0.39, 0.29) is 22.8 Å². The Morgan fingerprint density at radius 2 is 2.29 bits per heavy atom. The Morgan fingerprint density at radius 1 is 1.62 bits per heavy atom. The van der Waals surface area contributed by atoms with Crippen LogP contribution in [0.1, 0.15) is 6.92 Å². The van der Waals surface area contributed by atoms with Crippen LogP contribution < -0.4 is 11.1 Å². The van der Waals surface area contributed by atoms with Gasteiger partial charge < -0.3 is 20.9 Å². The van der Waals surface area contributed by atoms with Gasteiger partial charge >= 0.3 is 11.9 Å². The third-order valence-electron chi connectivity index (χ3n) is 3.00. The first-order valence-corrected chi connectivity index (χ1v) is 7.38. The van der Waals surface area contributed by atoms with Crippen molar-refractivity contribution < 1.29 is 24.2 Å². The van der Waals surface area contributed by atoms with Crippen molar-refractivity contribution in [2.45, 2.75) is 18.3 Å². The molecule has 0 aromatic rings. The highest BCUT2D eigenvalue weighted by molar-refractivity contribution is 8.00. The number of amides is 1. The number of fused-ring (bicyclic) bond motifs is 1. The van der Waals surface area contributed by atoms with E-state index in [1.54, 1.807) is 0 Å². The molecular formula is C11H13N3O5S2. The molecule has 2 rings (SSSR count). The van der Waals surface area contributed by atoms with E-state index in [9.17, 15) is 19.5 Å². The molecule has 0 saturated carbocycles. The van der Waals surface area contributed by atoms with Gasteiger partial charge in [0.05, 0.1) is 0 Å². The number of thioether (sulfide) groups is 1. The fraction of sp³-hybridized carbons (Fsp3) is 0.455. The molecule has 2 aliphatic heterocycles. The number of carbonyl (C=O) groups is 3. The third kappa shape index (κ3) is 2.95. The van der Waals surface area contributed by atoms with E-state index >= 15 is 0 Å². The summed E-state index contributed by atoms with van der Waals surface area (Å²) in [6, 6.07) is -0.628. The zero-order valence-corrected chi connectivity index (χ0v) is 12.6. The van der Waals surface area contributed by atoms with Gasteiger partial charge in [-0.25, -0.2) is 4.79 Å². The van der Waals surface area contributed by atoms with Crippen LogP contribution in [-0.2, 0) is 19.1 Å². The van der Waals surface area contributed by atoms with Crippen LogP contribution in [0.2, 0.25) is 0 Å².